The number of carbonyl (C=O) groups excluding carboxylic acids is 1. The Morgan fingerprint density at radius 1 is 1.56 bits per heavy atom. The van der Waals surface area contributed by atoms with Crippen molar-refractivity contribution in [1.82, 2.24) is 4.90 Å². The molecule has 1 rings (SSSR count). The summed E-state index contributed by atoms with van der Waals surface area (Å²) in [5.41, 5.74) is 7.56. The third kappa shape index (κ3) is 5.16. The lowest BCUT2D eigenvalue weighted by molar-refractivity contribution is -0.117. The number of hydrogen-bond acceptors (Lipinski definition) is 3. The fourth-order valence-electron chi connectivity index (χ4n) is 1.76. The first-order valence-corrected chi connectivity index (χ1v) is 6.68. The molecule has 1 unspecified atom stereocenters. The largest absolute Gasteiger partial charge is 0.327 e. The van der Waals surface area contributed by atoms with Crippen LogP contribution in [0.2, 0.25) is 0 Å². The summed E-state index contributed by atoms with van der Waals surface area (Å²) in [5.74, 6) is -0.0245. The summed E-state index contributed by atoms with van der Waals surface area (Å²) in [5, 5.41) is 2.90. The molecule has 1 amide bonds. The van der Waals surface area contributed by atoms with E-state index in [0.717, 1.165) is 15.7 Å². The van der Waals surface area contributed by atoms with Gasteiger partial charge in [-0.15, -0.1) is 0 Å². The van der Waals surface area contributed by atoms with Gasteiger partial charge in [-0.25, -0.2) is 0 Å². The lowest BCUT2D eigenvalue weighted by Gasteiger charge is -2.18. The van der Waals surface area contributed by atoms with Gasteiger partial charge < -0.3 is 11.1 Å². The predicted octanol–water partition coefficient (Wildman–Crippen LogP) is 1.98. The van der Waals surface area contributed by atoms with E-state index in [0.29, 0.717) is 13.1 Å². The van der Waals surface area contributed by atoms with Crippen LogP contribution in [0.25, 0.3) is 0 Å². The van der Waals surface area contributed by atoms with Crippen molar-refractivity contribution in [3.05, 3.63) is 28.2 Å². The van der Waals surface area contributed by atoms with E-state index in [-0.39, 0.29) is 11.9 Å². The highest BCUT2D eigenvalue weighted by Gasteiger charge is 2.09. The summed E-state index contributed by atoms with van der Waals surface area (Å²) in [6.45, 7) is 4.93. The van der Waals surface area contributed by atoms with E-state index < -0.39 is 0 Å². The number of hydrogen-bond donors (Lipinski definition) is 2. The molecule has 3 N–H and O–H groups in total. The van der Waals surface area contributed by atoms with Crippen molar-refractivity contribution in [2.45, 2.75) is 19.9 Å². The highest BCUT2D eigenvalue weighted by Crippen LogP contribution is 2.19. The number of nitrogens with two attached hydrogens (primary N) is 1. The van der Waals surface area contributed by atoms with Gasteiger partial charge in [-0.05, 0) is 44.7 Å². The Balaban J connectivity index is 2.54. The van der Waals surface area contributed by atoms with Crippen molar-refractivity contribution in [3.8, 4) is 0 Å². The Kier molecular flexibility index (Phi) is 5.78. The van der Waals surface area contributed by atoms with E-state index >= 15 is 0 Å². The fraction of sp³-hybridized carbons (Fsp3) is 0.462. The van der Waals surface area contributed by atoms with Gasteiger partial charge in [-0.2, -0.15) is 0 Å². The topological polar surface area (TPSA) is 58.4 Å². The first-order chi connectivity index (χ1) is 8.38. The number of carbonyl (C=O) groups is 1. The number of benzene rings is 1. The van der Waals surface area contributed by atoms with Gasteiger partial charge in [-0.3, -0.25) is 9.69 Å². The molecule has 5 heteroatoms. The molecule has 0 radical (unpaired) electrons. The maximum absolute atomic E-state index is 11.8. The molecule has 18 heavy (non-hydrogen) atoms. The third-order valence-corrected chi connectivity index (χ3v) is 2.97. The first kappa shape index (κ1) is 15.1. The van der Waals surface area contributed by atoms with Crippen LogP contribution >= 0.6 is 15.9 Å². The lowest BCUT2D eigenvalue weighted by Crippen LogP contribution is -2.37. The normalized spacial score (nSPS) is 12.6. The minimum atomic E-state index is -0.0245. The highest BCUT2D eigenvalue weighted by atomic mass is 79.9. The Hall–Kier alpha value is -0.910. The van der Waals surface area contributed by atoms with Crippen LogP contribution in [0.15, 0.2) is 22.7 Å². The molecule has 1 aromatic rings. The number of aryl methyl sites for hydroxylation is 1. The Labute approximate surface area is 117 Å². The van der Waals surface area contributed by atoms with E-state index in [9.17, 15) is 4.79 Å². The van der Waals surface area contributed by atoms with Crippen LogP contribution in [0.1, 0.15) is 12.5 Å². The Morgan fingerprint density at radius 2 is 2.22 bits per heavy atom. The molecule has 0 spiro atoms. The van der Waals surface area contributed by atoms with Gasteiger partial charge in [0.25, 0.3) is 0 Å². The average molecular weight is 314 g/mol. The maximum atomic E-state index is 11.8. The average Bonchev–Trinajstić information content (AvgIpc) is 2.20. The Bertz CT molecular complexity index is 421. The van der Waals surface area contributed by atoms with E-state index in [1.807, 2.05) is 44.0 Å². The molecule has 0 aliphatic rings. The third-order valence-electron chi connectivity index (χ3n) is 2.48. The zero-order valence-electron chi connectivity index (χ0n) is 11.0. The zero-order valence-corrected chi connectivity index (χ0v) is 12.6. The molecule has 100 valence electrons. The summed E-state index contributed by atoms with van der Waals surface area (Å²) in [4.78, 5) is 13.7. The minimum absolute atomic E-state index is 0.0245. The quantitative estimate of drug-likeness (QED) is 0.874. The second kappa shape index (κ2) is 6.87. The van der Waals surface area contributed by atoms with E-state index in [4.69, 9.17) is 5.73 Å². The number of nitrogens with one attached hydrogen (secondary N) is 1. The van der Waals surface area contributed by atoms with Crippen LogP contribution in [0.4, 0.5) is 5.69 Å². The minimum Gasteiger partial charge on any atom is -0.327 e. The van der Waals surface area contributed by atoms with Crippen molar-refractivity contribution in [2.75, 3.05) is 25.5 Å². The molecule has 0 bridgehead atoms. The van der Waals surface area contributed by atoms with Gasteiger partial charge in [0.2, 0.25) is 5.91 Å². The number of likely N-dealkylation sites (N-methyl/N-ethyl adjacent to an activating group) is 1. The summed E-state index contributed by atoms with van der Waals surface area (Å²) >= 11 is 3.40. The monoisotopic (exact) mass is 313 g/mol. The first-order valence-electron chi connectivity index (χ1n) is 5.88. The van der Waals surface area contributed by atoms with Crippen molar-refractivity contribution in [1.29, 1.82) is 0 Å². The van der Waals surface area contributed by atoms with Gasteiger partial charge in [0.05, 0.1) is 6.54 Å². The summed E-state index contributed by atoms with van der Waals surface area (Å²) < 4.78 is 1.01. The van der Waals surface area contributed by atoms with Crippen LogP contribution in [-0.4, -0.2) is 37.0 Å². The molecule has 0 aliphatic carbocycles. The van der Waals surface area contributed by atoms with Crippen LogP contribution < -0.4 is 11.1 Å². The predicted molar refractivity (Wildman–Crippen MR) is 78.7 cm³/mol. The van der Waals surface area contributed by atoms with Crippen LogP contribution in [0.5, 0.6) is 0 Å². The molecule has 0 saturated carbocycles. The molecular weight excluding hydrogens is 294 g/mol. The summed E-state index contributed by atoms with van der Waals surface area (Å²) in [6, 6.07) is 5.84. The molecular formula is C13H20BrN3O. The zero-order chi connectivity index (χ0) is 13.7. The van der Waals surface area contributed by atoms with Crippen molar-refractivity contribution >= 4 is 27.5 Å². The fourth-order valence-corrected chi connectivity index (χ4v) is 2.23. The highest BCUT2D eigenvalue weighted by molar-refractivity contribution is 9.10. The van der Waals surface area contributed by atoms with Crippen molar-refractivity contribution in [3.63, 3.8) is 0 Å². The second-order valence-corrected chi connectivity index (χ2v) is 5.60. The van der Waals surface area contributed by atoms with Gasteiger partial charge in [0, 0.05) is 22.7 Å². The second-order valence-electron chi connectivity index (χ2n) is 4.68. The number of anilines is 1. The lowest BCUT2D eigenvalue weighted by atomic mass is 10.2. The maximum Gasteiger partial charge on any atom is 0.238 e. The SMILES string of the molecule is Cc1cc(Br)ccc1NC(=O)CN(C)CC(C)N. The number of nitrogens with zero attached hydrogens (tertiary/aromatic N) is 1. The molecule has 1 aromatic carbocycles. The molecule has 0 saturated heterocycles. The van der Waals surface area contributed by atoms with Gasteiger partial charge in [0.15, 0.2) is 0 Å². The molecule has 0 heterocycles. The van der Waals surface area contributed by atoms with Gasteiger partial charge >= 0.3 is 0 Å². The smallest absolute Gasteiger partial charge is 0.238 e. The molecule has 0 aromatic heterocycles. The summed E-state index contributed by atoms with van der Waals surface area (Å²) in [6.07, 6.45) is 0. The number of halogens is 1. The standard InChI is InChI=1S/C13H20BrN3O/c1-9-6-11(14)4-5-12(9)16-13(18)8-17(3)7-10(2)15/h4-6,10H,7-8,15H2,1-3H3,(H,16,18). The van der Waals surface area contributed by atoms with Crippen LogP contribution in [0, 0.1) is 6.92 Å². The van der Waals surface area contributed by atoms with Crippen molar-refractivity contribution < 1.29 is 4.79 Å². The van der Waals surface area contributed by atoms with Crippen molar-refractivity contribution in [2.24, 2.45) is 5.73 Å². The number of amides is 1. The van der Waals surface area contributed by atoms with E-state index in [1.54, 1.807) is 0 Å². The Morgan fingerprint density at radius 3 is 2.78 bits per heavy atom. The summed E-state index contributed by atoms with van der Waals surface area (Å²) in [7, 11) is 1.89. The van der Waals surface area contributed by atoms with Gasteiger partial charge in [-0.1, -0.05) is 15.9 Å². The molecule has 1 atom stereocenters. The van der Waals surface area contributed by atoms with Crippen LogP contribution in [0.3, 0.4) is 0 Å². The molecule has 0 aliphatic heterocycles. The van der Waals surface area contributed by atoms with Crippen LogP contribution in [-0.2, 0) is 4.79 Å². The molecule has 0 fully saturated rings. The van der Waals surface area contributed by atoms with E-state index in [2.05, 4.69) is 21.2 Å². The van der Waals surface area contributed by atoms with Gasteiger partial charge in [0.1, 0.15) is 0 Å². The number of rotatable bonds is 5. The van der Waals surface area contributed by atoms with E-state index in [1.165, 1.54) is 0 Å². The molecule has 4 nitrogen and oxygen atoms in total.